The molecule has 1 aromatic rings. The van der Waals surface area contributed by atoms with Crippen molar-refractivity contribution in [3.63, 3.8) is 0 Å². The molecule has 0 aromatic heterocycles. The van der Waals surface area contributed by atoms with Crippen molar-refractivity contribution in [2.24, 2.45) is 0 Å². The van der Waals surface area contributed by atoms with Crippen molar-refractivity contribution >= 4 is 17.8 Å². The van der Waals surface area contributed by atoms with E-state index in [9.17, 15) is 4.79 Å². The SMILES string of the molecule is CCOC(=O)Oc1ccc(Cl)cc1. The number of carbonyl (C=O) groups excluding carboxylic acids is 1. The maximum Gasteiger partial charge on any atom is 0.513 e. The summed E-state index contributed by atoms with van der Waals surface area (Å²) in [4.78, 5) is 10.8. The number of hydrogen-bond donors (Lipinski definition) is 0. The van der Waals surface area contributed by atoms with Crippen LogP contribution in [0.15, 0.2) is 24.3 Å². The van der Waals surface area contributed by atoms with E-state index < -0.39 is 6.16 Å². The lowest BCUT2D eigenvalue weighted by Crippen LogP contribution is -2.09. The lowest BCUT2D eigenvalue weighted by atomic mass is 10.3. The molecule has 1 aromatic carbocycles. The molecule has 0 aliphatic rings. The predicted molar refractivity (Wildman–Crippen MR) is 49.1 cm³/mol. The van der Waals surface area contributed by atoms with Crippen molar-refractivity contribution in [2.75, 3.05) is 6.61 Å². The second-order valence-corrected chi connectivity index (χ2v) is 2.68. The van der Waals surface area contributed by atoms with Crippen molar-refractivity contribution in [2.45, 2.75) is 6.92 Å². The van der Waals surface area contributed by atoms with Gasteiger partial charge in [0, 0.05) is 5.02 Å². The minimum absolute atomic E-state index is 0.298. The van der Waals surface area contributed by atoms with Gasteiger partial charge in [-0.1, -0.05) is 11.6 Å². The van der Waals surface area contributed by atoms with E-state index in [1.54, 1.807) is 31.2 Å². The minimum atomic E-state index is -0.704. The second-order valence-electron chi connectivity index (χ2n) is 2.24. The van der Waals surface area contributed by atoms with Crippen LogP contribution in [0.4, 0.5) is 4.79 Å². The molecule has 0 fully saturated rings. The number of rotatable bonds is 2. The highest BCUT2D eigenvalue weighted by Crippen LogP contribution is 2.15. The Morgan fingerprint density at radius 1 is 1.38 bits per heavy atom. The van der Waals surface area contributed by atoms with Crippen LogP contribution in [0.1, 0.15) is 6.92 Å². The van der Waals surface area contributed by atoms with Crippen molar-refractivity contribution < 1.29 is 14.3 Å². The van der Waals surface area contributed by atoms with Crippen molar-refractivity contribution in [1.29, 1.82) is 0 Å². The van der Waals surface area contributed by atoms with E-state index in [1.807, 2.05) is 0 Å². The first-order chi connectivity index (χ1) is 6.22. The van der Waals surface area contributed by atoms with Crippen LogP contribution in [0.25, 0.3) is 0 Å². The van der Waals surface area contributed by atoms with Crippen LogP contribution in [0.2, 0.25) is 5.02 Å². The number of ether oxygens (including phenoxy) is 2. The van der Waals surface area contributed by atoms with Gasteiger partial charge in [0.05, 0.1) is 6.61 Å². The molecule has 0 spiro atoms. The standard InChI is InChI=1S/C9H9ClO3/c1-2-12-9(11)13-8-5-3-7(10)4-6-8/h3-6H,2H2,1H3. The summed E-state index contributed by atoms with van der Waals surface area (Å²) < 4.78 is 9.37. The molecular weight excluding hydrogens is 192 g/mol. The average Bonchev–Trinajstić information content (AvgIpc) is 2.09. The normalized spacial score (nSPS) is 9.38. The van der Waals surface area contributed by atoms with Gasteiger partial charge in [0.25, 0.3) is 0 Å². The molecule has 4 heteroatoms. The lowest BCUT2D eigenvalue weighted by Gasteiger charge is -2.02. The molecule has 0 aliphatic heterocycles. The third-order valence-electron chi connectivity index (χ3n) is 1.28. The number of hydrogen-bond acceptors (Lipinski definition) is 3. The molecule has 0 N–H and O–H groups in total. The molecule has 0 unspecified atom stereocenters. The maximum atomic E-state index is 10.8. The molecule has 3 nitrogen and oxygen atoms in total. The Balaban J connectivity index is 2.54. The Bertz CT molecular complexity index is 281. The topological polar surface area (TPSA) is 35.5 Å². The highest BCUT2D eigenvalue weighted by atomic mass is 35.5. The predicted octanol–water partition coefficient (Wildman–Crippen LogP) is 2.88. The van der Waals surface area contributed by atoms with Gasteiger partial charge in [0.2, 0.25) is 0 Å². The summed E-state index contributed by atoms with van der Waals surface area (Å²) in [6, 6.07) is 6.46. The summed E-state index contributed by atoms with van der Waals surface area (Å²) in [5.41, 5.74) is 0. The molecule has 70 valence electrons. The lowest BCUT2D eigenvalue weighted by molar-refractivity contribution is 0.104. The Morgan fingerprint density at radius 3 is 2.54 bits per heavy atom. The summed E-state index contributed by atoms with van der Waals surface area (Å²) >= 11 is 5.64. The highest BCUT2D eigenvalue weighted by Gasteiger charge is 2.03. The fourth-order valence-electron chi connectivity index (χ4n) is 0.746. The monoisotopic (exact) mass is 200 g/mol. The average molecular weight is 201 g/mol. The first-order valence-electron chi connectivity index (χ1n) is 3.82. The van der Waals surface area contributed by atoms with Gasteiger partial charge < -0.3 is 9.47 Å². The largest absolute Gasteiger partial charge is 0.513 e. The van der Waals surface area contributed by atoms with Crippen LogP contribution < -0.4 is 4.74 Å². The van der Waals surface area contributed by atoms with Crippen molar-refractivity contribution in [1.82, 2.24) is 0 Å². The van der Waals surface area contributed by atoms with Gasteiger partial charge in [-0.2, -0.15) is 0 Å². The Hall–Kier alpha value is -1.22. The van der Waals surface area contributed by atoms with Gasteiger partial charge in [-0.05, 0) is 31.2 Å². The third kappa shape index (κ3) is 3.34. The molecule has 0 saturated carbocycles. The molecule has 0 atom stereocenters. The van der Waals surface area contributed by atoms with Crippen LogP contribution in [-0.4, -0.2) is 12.8 Å². The molecule has 0 amide bonds. The zero-order chi connectivity index (χ0) is 9.68. The van der Waals surface area contributed by atoms with Gasteiger partial charge in [0.15, 0.2) is 0 Å². The quantitative estimate of drug-likeness (QED) is 0.544. The molecular formula is C9H9ClO3. The Labute approximate surface area is 81.2 Å². The molecule has 1 rings (SSSR count). The second kappa shape index (κ2) is 4.72. The molecule has 0 aliphatic carbocycles. The first kappa shape index (κ1) is 9.86. The molecule has 0 radical (unpaired) electrons. The minimum Gasteiger partial charge on any atom is -0.434 e. The van der Waals surface area contributed by atoms with Crippen LogP contribution in [0.3, 0.4) is 0 Å². The Kier molecular flexibility index (Phi) is 3.58. The number of benzene rings is 1. The van der Waals surface area contributed by atoms with Crippen LogP contribution in [0.5, 0.6) is 5.75 Å². The van der Waals surface area contributed by atoms with E-state index >= 15 is 0 Å². The zero-order valence-corrected chi connectivity index (χ0v) is 7.88. The summed E-state index contributed by atoms with van der Waals surface area (Å²) in [5.74, 6) is 0.419. The van der Waals surface area contributed by atoms with Gasteiger partial charge in [-0.3, -0.25) is 0 Å². The summed E-state index contributed by atoms with van der Waals surface area (Å²) in [5, 5.41) is 0.594. The van der Waals surface area contributed by atoms with Gasteiger partial charge in [-0.15, -0.1) is 0 Å². The number of carbonyl (C=O) groups is 1. The van der Waals surface area contributed by atoms with Gasteiger partial charge in [0.1, 0.15) is 5.75 Å². The van der Waals surface area contributed by atoms with E-state index in [-0.39, 0.29) is 0 Å². The summed E-state index contributed by atoms with van der Waals surface area (Å²) in [6.07, 6.45) is -0.704. The van der Waals surface area contributed by atoms with E-state index in [4.69, 9.17) is 16.3 Å². The smallest absolute Gasteiger partial charge is 0.434 e. The van der Waals surface area contributed by atoms with E-state index in [0.29, 0.717) is 17.4 Å². The Morgan fingerprint density at radius 2 is 2.00 bits per heavy atom. The van der Waals surface area contributed by atoms with Crippen LogP contribution in [-0.2, 0) is 4.74 Å². The zero-order valence-electron chi connectivity index (χ0n) is 7.12. The molecule has 0 heterocycles. The first-order valence-corrected chi connectivity index (χ1v) is 4.20. The molecule has 0 bridgehead atoms. The third-order valence-corrected chi connectivity index (χ3v) is 1.53. The summed E-state index contributed by atoms with van der Waals surface area (Å²) in [7, 11) is 0. The van der Waals surface area contributed by atoms with Gasteiger partial charge >= 0.3 is 6.16 Å². The molecule has 13 heavy (non-hydrogen) atoms. The van der Waals surface area contributed by atoms with E-state index in [0.717, 1.165) is 0 Å². The molecule has 0 saturated heterocycles. The van der Waals surface area contributed by atoms with Crippen LogP contribution in [0, 0.1) is 0 Å². The van der Waals surface area contributed by atoms with Crippen molar-refractivity contribution in [3.8, 4) is 5.75 Å². The maximum absolute atomic E-state index is 10.8. The van der Waals surface area contributed by atoms with Crippen LogP contribution >= 0.6 is 11.6 Å². The highest BCUT2D eigenvalue weighted by molar-refractivity contribution is 6.30. The van der Waals surface area contributed by atoms with Crippen molar-refractivity contribution in [3.05, 3.63) is 29.3 Å². The summed E-state index contributed by atoms with van der Waals surface area (Å²) in [6.45, 7) is 2.01. The fraction of sp³-hybridized carbons (Fsp3) is 0.222. The van der Waals surface area contributed by atoms with E-state index in [1.165, 1.54) is 0 Å². The fourth-order valence-corrected chi connectivity index (χ4v) is 0.872. The van der Waals surface area contributed by atoms with Gasteiger partial charge in [-0.25, -0.2) is 4.79 Å². The van der Waals surface area contributed by atoms with E-state index in [2.05, 4.69) is 4.74 Å². The number of halogens is 1.